The topological polar surface area (TPSA) is 30.5 Å². The quantitative estimate of drug-likeness (QED) is 0.335. The van der Waals surface area contributed by atoms with Crippen molar-refractivity contribution in [2.75, 3.05) is 12.4 Å². The highest BCUT2D eigenvalue weighted by Crippen LogP contribution is 2.35. The van der Waals surface area contributed by atoms with Gasteiger partial charge in [-0.15, -0.1) is 0 Å². The highest BCUT2D eigenvalue weighted by molar-refractivity contribution is 14.1. The van der Waals surface area contributed by atoms with Crippen LogP contribution < -0.4 is 14.8 Å². The van der Waals surface area contributed by atoms with E-state index >= 15 is 0 Å². The summed E-state index contributed by atoms with van der Waals surface area (Å²) in [4.78, 5) is 0. The van der Waals surface area contributed by atoms with E-state index in [-0.39, 0.29) is 12.4 Å². The second-order valence-electron chi connectivity index (χ2n) is 6.01. The first-order valence-electron chi connectivity index (χ1n) is 8.39. The van der Waals surface area contributed by atoms with E-state index in [2.05, 4.69) is 27.9 Å². The lowest BCUT2D eigenvalue weighted by atomic mass is 10.2. The zero-order valence-electron chi connectivity index (χ0n) is 14.9. The third-order valence-corrected chi connectivity index (χ3v) is 5.32. The molecule has 3 aromatic rings. The van der Waals surface area contributed by atoms with Crippen molar-refractivity contribution >= 4 is 51.5 Å². The van der Waals surface area contributed by atoms with Gasteiger partial charge in [0.2, 0.25) is 0 Å². The number of anilines is 1. The van der Waals surface area contributed by atoms with Gasteiger partial charge in [-0.3, -0.25) is 0 Å². The monoisotopic (exact) mass is 531 g/mol. The lowest BCUT2D eigenvalue weighted by Gasteiger charge is -2.15. The van der Waals surface area contributed by atoms with Crippen LogP contribution in [-0.2, 0) is 13.2 Å². The number of ether oxygens (including phenoxy) is 2. The number of benzene rings is 3. The molecule has 146 valence electrons. The van der Waals surface area contributed by atoms with Gasteiger partial charge < -0.3 is 14.8 Å². The van der Waals surface area contributed by atoms with Gasteiger partial charge in [-0.25, -0.2) is 4.39 Å². The molecule has 0 amide bonds. The van der Waals surface area contributed by atoms with E-state index in [9.17, 15) is 4.39 Å². The molecule has 0 radical (unpaired) electrons. The van der Waals surface area contributed by atoms with Crippen molar-refractivity contribution in [1.82, 2.24) is 0 Å². The largest absolute Gasteiger partial charge is 0.493 e. The molecule has 0 atom stereocenters. The summed E-state index contributed by atoms with van der Waals surface area (Å²) in [5.74, 6) is 0.952. The highest BCUT2D eigenvalue weighted by Gasteiger charge is 2.13. The molecular formula is C21H17Cl2FINO2. The molecule has 0 aliphatic rings. The third-order valence-electron chi connectivity index (χ3n) is 3.98. The molecule has 0 fully saturated rings. The summed E-state index contributed by atoms with van der Waals surface area (Å²) < 4.78 is 25.6. The van der Waals surface area contributed by atoms with Gasteiger partial charge in [0.25, 0.3) is 0 Å². The Bertz CT molecular complexity index is 985. The zero-order chi connectivity index (χ0) is 20.1. The predicted octanol–water partition coefficient (Wildman–Crippen LogP) is 6.94. The molecule has 3 nitrogen and oxygen atoms in total. The van der Waals surface area contributed by atoms with E-state index < -0.39 is 0 Å². The minimum Gasteiger partial charge on any atom is -0.493 e. The number of nitrogens with one attached hydrogen (secondary N) is 1. The number of methoxy groups -OCH3 is 1. The first kappa shape index (κ1) is 21.0. The third kappa shape index (κ3) is 5.43. The Kier molecular flexibility index (Phi) is 7.26. The predicted molar refractivity (Wildman–Crippen MR) is 120 cm³/mol. The average molecular weight is 532 g/mol. The van der Waals surface area contributed by atoms with Crippen LogP contribution in [0.1, 0.15) is 11.1 Å². The Morgan fingerprint density at radius 3 is 2.57 bits per heavy atom. The average Bonchev–Trinajstić information content (AvgIpc) is 2.66. The number of hydrogen-bond acceptors (Lipinski definition) is 3. The molecular weight excluding hydrogens is 515 g/mol. The van der Waals surface area contributed by atoms with Gasteiger partial charge in [0.15, 0.2) is 11.5 Å². The molecule has 3 aromatic carbocycles. The molecule has 7 heteroatoms. The van der Waals surface area contributed by atoms with Crippen molar-refractivity contribution in [2.24, 2.45) is 0 Å². The number of hydrogen-bond donors (Lipinski definition) is 1. The lowest BCUT2D eigenvalue weighted by molar-refractivity contribution is 0.281. The van der Waals surface area contributed by atoms with Gasteiger partial charge in [-0.2, -0.15) is 0 Å². The second kappa shape index (κ2) is 9.67. The number of rotatable bonds is 7. The van der Waals surface area contributed by atoms with Crippen molar-refractivity contribution in [1.29, 1.82) is 0 Å². The van der Waals surface area contributed by atoms with Crippen molar-refractivity contribution in [3.05, 3.63) is 85.2 Å². The molecule has 28 heavy (non-hydrogen) atoms. The molecule has 0 spiro atoms. The van der Waals surface area contributed by atoms with Gasteiger partial charge in [0, 0.05) is 11.6 Å². The Morgan fingerprint density at radius 1 is 1.04 bits per heavy atom. The van der Waals surface area contributed by atoms with Gasteiger partial charge in [-0.05, 0) is 76.2 Å². The summed E-state index contributed by atoms with van der Waals surface area (Å²) in [5, 5.41) is 4.44. The van der Waals surface area contributed by atoms with E-state index in [1.54, 1.807) is 25.3 Å². The van der Waals surface area contributed by atoms with Crippen molar-refractivity contribution in [3.63, 3.8) is 0 Å². The summed E-state index contributed by atoms with van der Waals surface area (Å²) in [6.45, 7) is 0.806. The molecule has 0 aliphatic carbocycles. The van der Waals surface area contributed by atoms with Gasteiger partial charge in [-0.1, -0.05) is 35.3 Å². The maximum absolute atomic E-state index is 13.3. The first-order chi connectivity index (χ1) is 13.5. The molecule has 3 rings (SSSR count). The maximum Gasteiger partial charge on any atom is 0.174 e. The SMILES string of the molecule is COc1cc(CNc2ccc(Cl)cc2Cl)cc(I)c1OCc1cccc(F)c1. The fourth-order valence-corrected chi connectivity index (χ4v) is 3.92. The van der Waals surface area contributed by atoms with E-state index in [1.807, 2.05) is 24.3 Å². The van der Waals surface area contributed by atoms with Crippen molar-refractivity contribution in [3.8, 4) is 11.5 Å². The minimum absolute atomic E-state index is 0.252. The van der Waals surface area contributed by atoms with Gasteiger partial charge in [0.05, 0.1) is 21.4 Å². The van der Waals surface area contributed by atoms with E-state index in [0.717, 1.165) is 20.4 Å². The standard InChI is InChI=1S/C21H17Cl2FINO2/c1-27-20-9-14(11-26-19-6-5-15(22)10-17(19)23)8-18(25)21(20)28-12-13-3-2-4-16(24)7-13/h2-10,26H,11-12H2,1H3. The minimum atomic E-state index is -0.287. The highest BCUT2D eigenvalue weighted by atomic mass is 127. The van der Waals surface area contributed by atoms with Crippen LogP contribution in [0.25, 0.3) is 0 Å². The van der Waals surface area contributed by atoms with E-state index in [4.69, 9.17) is 32.7 Å². The van der Waals surface area contributed by atoms with Gasteiger partial charge >= 0.3 is 0 Å². The summed E-state index contributed by atoms with van der Waals surface area (Å²) in [5.41, 5.74) is 2.55. The summed E-state index contributed by atoms with van der Waals surface area (Å²) in [6, 6.07) is 15.5. The van der Waals surface area contributed by atoms with Crippen LogP contribution in [0.15, 0.2) is 54.6 Å². The lowest BCUT2D eigenvalue weighted by Crippen LogP contribution is -2.04. The van der Waals surface area contributed by atoms with Gasteiger partial charge in [0.1, 0.15) is 12.4 Å². The Balaban J connectivity index is 1.73. The van der Waals surface area contributed by atoms with Crippen LogP contribution in [0.4, 0.5) is 10.1 Å². The second-order valence-corrected chi connectivity index (χ2v) is 8.01. The summed E-state index contributed by atoms with van der Waals surface area (Å²) in [7, 11) is 1.59. The molecule has 0 saturated heterocycles. The normalized spacial score (nSPS) is 10.6. The van der Waals surface area contributed by atoms with Crippen LogP contribution in [0.2, 0.25) is 10.0 Å². The number of halogens is 4. The van der Waals surface area contributed by atoms with Crippen molar-refractivity contribution < 1.29 is 13.9 Å². The van der Waals surface area contributed by atoms with Crippen LogP contribution in [-0.4, -0.2) is 7.11 Å². The smallest absolute Gasteiger partial charge is 0.174 e. The summed E-state index contributed by atoms with van der Waals surface area (Å²) >= 11 is 14.3. The Hall–Kier alpha value is -1.70. The van der Waals surface area contributed by atoms with Crippen LogP contribution in [0.5, 0.6) is 11.5 Å². The zero-order valence-corrected chi connectivity index (χ0v) is 18.6. The fourth-order valence-electron chi connectivity index (χ4n) is 2.63. The molecule has 0 bridgehead atoms. The molecule has 0 heterocycles. The molecule has 0 aliphatic heterocycles. The molecule has 0 unspecified atom stereocenters. The molecule has 1 N–H and O–H groups in total. The Morgan fingerprint density at radius 2 is 1.86 bits per heavy atom. The molecule has 0 aromatic heterocycles. The van der Waals surface area contributed by atoms with Crippen LogP contribution in [0, 0.1) is 9.39 Å². The van der Waals surface area contributed by atoms with E-state index in [0.29, 0.717) is 28.1 Å². The van der Waals surface area contributed by atoms with E-state index in [1.165, 1.54) is 12.1 Å². The molecule has 0 saturated carbocycles. The summed E-state index contributed by atoms with van der Waals surface area (Å²) in [6.07, 6.45) is 0. The first-order valence-corrected chi connectivity index (χ1v) is 10.2. The Labute approximate surface area is 186 Å². The van der Waals surface area contributed by atoms with Crippen molar-refractivity contribution in [2.45, 2.75) is 13.2 Å². The van der Waals surface area contributed by atoms with Crippen LogP contribution >= 0.6 is 45.8 Å². The van der Waals surface area contributed by atoms with Crippen LogP contribution in [0.3, 0.4) is 0 Å². The fraction of sp³-hybridized carbons (Fsp3) is 0.143. The maximum atomic E-state index is 13.3.